The quantitative estimate of drug-likeness (QED) is 0.489. The molecule has 0 radical (unpaired) electrons. The highest BCUT2D eigenvalue weighted by molar-refractivity contribution is 14.0. The van der Waals surface area contributed by atoms with Gasteiger partial charge in [-0.3, -0.25) is 4.99 Å². The fraction of sp³-hybridized carbons (Fsp3) is 0.562. The Kier molecular flexibility index (Phi) is 5.86. The van der Waals surface area contributed by atoms with E-state index >= 15 is 0 Å². The minimum atomic E-state index is 0. The zero-order valence-electron chi connectivity index (χ0n) is 12.9. The summed E-state index contributed by atoms with van der Waals surface area (Å²) >= 11 is 0. The van der Waals surface area contributed by atoms with E-state index in [0.29, 0.717) is 12.0 Å². The van der Waals surface area contributed by atoms with E-state index in [0.717, 1.165) is 6.54 Å². The second-order valence-corrected chi connectivity index (χ2v) is 6.27. The van der Waals surface area contributed by atoms with Crippen molar-refractivity contribution >= 4 is 29.9 Å². The molecule has 0 aliphatic heterocycles. The van der Waals surface area contributed by atoms with Crippen LogP contribution in [0, 0.1) is 6.92 Å². The topological polar surface area (TPSA) is 41.6 Å². The van der Waals surface area contributed by atoms with Crippen molar-refractivity contribution in [2.45, 2.75) is 45.1 Å². The smallest absolute Gasteiger partial charge is 0.191 e. The summed E-state index contributed by atoms with van der Waals surface area (Å²) in [5.41, 5.74) is 8.67. The van der Waals surface area contributed by atoms with Crippen molar-refractivity contribution in [1.29, 1.82) is 0 Å². The van der Waals surface area contributed by atoms with Gasteiger partial charge in [0, 0.05) is 18.5 Å². The average Bonchev–Trinajstić information content (AvgIpc) is 3.19. The number of nitrogens with two attached hydrogens (primary N) is 1. The summed E-state index contributed by atoms with van der Waals surface area (Å²) in [7, 11) is 2.04. The SMILES string of the molecule is Cc1cccc(C(C)(C)CN=C(N)N(C)C2CC2)c1.I. The predicted octanol–water partition coefficient (Wildman–Crippen LogP) is 3.30. The van der Waals surface area contributed by atoms with Crippen LogP contribution in [0.5, 0.6) is 0 Å². The summed E-state index contributed by atoms with van der Waals surface area (Å²) in [5, 5.41) is 0. The van der Waals surface area contributed by atoms with Crippen LogP contribution in [0.2, 0.25) is 0 Å². The van der Waals surface area contributed by atoms with Crippen LogP contribution >= 0.6 is 24.0 Å². The van der Waals surface area contributed by atoms with Crippen molar-refractivity contribution in [3.05, 3.63) is 35.4 Å². The summed E-state index contributed by atoms with van der Waals surface area (Å²) in [4.78, 5) is 6.69. The molecule has 2 N–H and O–H groups in total. The van der Waals surface area contributed by atoms with E-state index in [-0.39, 0.29) is 29.4 Å². The van der Waals surface area contributed by atoms with Gasteiger partial charge in [-0.25, -0.2) is 0 Å². The second kappa shape index (κ2) is 6.78. The fourth-order valence-electron chi connectivity index (χ4n) is 2.20. The number of aryl methyl sites for hydroxylation is 1. The molecule has 4 heteroatoms. The maximum absolute atomic E-state index is 6.05. The molecule has 1 aromatic carbocycles. The molecule has 0 saturated heterocycles. The highest BCUT2D eigenvalue weighted by Gasteiger charge is 2.28. The molecule has 0 aromatic heterocycles. The molecule has 2 rings (SSSR count). The van der Waals surface area contributed by atoms with Gasteiger partial charge in [-0.1, -0.05) is 43.7 Å². The van der Waals surface area contributed by atoms with Crippen molar-refractivity contribution in [3.8, 4) is 0 Å². The lowest BCUT2D eigenvalue weighted by molar-refractivity contribution is 0.476. The Morgan fingerprint density at radius 3 is 2.60 bits per heavy atom. The molecule has 20 heavy (non-hydrogen) atoms. The van der Waals surface area contributed by atoms with E-state index < -0.39 is 0 Å². The lowest BCUT2D eigenvalue weighted by atomic mass is 9.84. The van der Waals surface area contributed by atoms with E-state index in [1.807, 2.05) is 7.05 Å². The highest BCUT2D eigenvalue weighted by atomic mass is 127. The first-order valence-corrected chi connectivity index (χ1v) is 7.00. The Hall–Kier alpha value is -0.780. The van der Waals surface area contributed by atoms with Crippen molar-refractivity contribution in [1.82, 2.24) is 4.90 Å². The zero-order valence-corrected chi connectivity index (χ0v) is 15.2. The van der Waals surface area contributed by atoms with E-state index in [4.69, 9.17) is 5.73 Å². The van der Waals surface area contributed by atoms with Crippen LogP contribution in [-0.4, -0.2) is 30.5 Å². The molecule has 0 heterocycles. The standard InChI is InChI=1S/C16H25N3.HI/c1-12-6-5-7-13(10-12)16(2,3)11-18-15(17)19(4)14-8-9-14;/h5-7,10,14H,8-9,11H2,1-4H3,(H2,17,18);1H. The summed E-state index contributed by atoms with van der Waals surface area (Å²) in [5.74, 6) is 0.670. The van der Waals surface area contributed by atoms with Crippen LogP contribution in [0.4, 0.5) is 0 Å². The number of halogens is 1. The second-order valence-electron chi connectivity index (χ2n) is 6.27. The van der Waals surface area contributed by atoms with Crippen LogP contribution in [0.3, 0.4) is 0 Å². The van der Waals surface area contributed by atoms with Crippen LogP contribution in [0.25, 0.3) is 0 Å². The first-order chi connectivity index (χ1) is 8.90. The third-order valence-electron chi connectivity index (χ3n) is 3.89. The van der Waals surface area contributed by atoms with Gasteiger partial charge in [0.25, 0.3) is 0 Å². The molecular weight excluding hydrogens is 361 g/mol. The number of rotatable bonds is 4. The molecule has 3 nitrogen and oxygen atoms in total. The molecule has 112 valence electrons. The van der Waals surface area contributed by atoms with Gasteiger partial charge in [-0.2, -0.15) is 0 Å². The van der Waals surface area contributed by atoms with Crippen molar-refractivity contribution < 1.29 is 0 Å². The van der Waals surface area contributed by atoms with Gasteiger partial charge < -0.3 is 10.6 Å². The van der Waals surface area contributed by atoms with Gasteiger partial charge in [0.15, 0.2) is 5.96 Å². The normalized spacial score (nSPS) is 15.7. The Morgan fingerprint density at radius 2 is 2.05 bits per heavy atom. The van der Waals surface area contributed by atoms with Gasteiger partial charge in [0.05, 0.1) is 6.54 Å². The molecule has 1 saturated carbocycles. The molecule has 0 spiro atoms. The van der Waals surface area contributed by atoms with Gasteiger partial charge in [0.1, 0.15) is 0 Å². The third kappa shape index (κ3) is 4.36. The maximum Gasteiger partial charge on any atom is 0.191 e. The average molecular weight is 387 g/mol. The molecule has 0 amide bonds. The molecule has 1 aliphatic rings. The number of nitrogens with zero attached hydrogens (tertiary/aromatic N) is 2. The summed E-state index contributed by atoms with van der Waals surface area (Å²) in [6.07, 6.45) is 2.49. The number of aliphatic imine (C=N–C) groups is 1. The number of benzene rings is 1. The first-order valence-electron chi connectivity index (χ1n) is 7.00. The highest BCUT2D eigenvalue weighted by Crippen LogP contribution is 2.26. The number of hydrogen-bond donors (Lipinski definition) is 1. The molecular formula is C16H26IN3. The van der Waals surface area contributed by atoms with Crippen molar-refractivity contribution in [3.63, 3.8) is 0 Å². The van der Waals surface area contributed by atoms with Gasteiger partial charge >= 0.3 is 0 Å². The fourth-order valence-corrected chi connectivity index (χ4v) is 2.20. The lowest BCUT2D eigenvalue weighted by Gasteiger charge is -2.25. The van der Waals surface area contributed by atoms with E-state index in [9.17, 15) is 0 Å². The molecule has 1 fully saturated rings. The molecule has 0 unspecified atom stereocenters. The van der Waals surface area contributed by atoms with Crippen molar-refractivity contribution in [2.75, 3.05) is 13.6 Å². The third-order valence-corrected chi connectivity index (χ3v) is 3.89. The van der Waals surface area contributed by atoms with Crippen LogP contribution in [-0.2, 0) is 5.41 Å². The van der Waals surface area contributed by atoms with E-state index in [2.05, 4.69) is 54.9 Å². The van der Waals surface area contributed by atoms with Crippen LogP contribution < -0.4 is 5.73 Å². The Bertz CT molecular complexity index is 478. The molecule has 1 aromatic rings. The Morgan fingerprint density at radius 1 is 1.40 bits per heavy atom. The van der Waals surface area contributed by atoms with Crippen LogP contribution in [0.1, 0.15) is 37.8 Å². The molecule has 0 atom stereocenters. The number of hydrogen-bond acceptors (Lipinski definition) is 1. The minimum Gasteiger partial charge on any atom is -0.370 e. The monoisotopic (exact) mass is 387 g/mol. The lowest BCUT2D eigenvalue weighted by Crippen LogP contribution is -2.37. The van der Waals surface area contributed by atoms with E-state index in [1.165, 1.54) is 24.0 Å². The summed E-state index contributed by atoms with van der Waals surface area (Å²) < 4.78 is 0. The predicted molar refractivity (Wildman–Crippen MR) is 96.9 cm³/mol. The summed E-state index contributed by atoms with van der Waals surface area (Å²) in [6, 6.07) is 9.25. The summed E-state index contributed by atoms with van der Waals surface area (Å²) in [6.45, 7) is 7.28. The van der Waals surface area contributed by atoms with Gasteiger partial charge in [0.2, 0.25) is 0 Å². The van der Waals surface area contributed by atoms with Gasteiger partial charge in [-0.15, -0.1) is 24.0 Å². The first kappa shape index (κ1) is 17.3. The van der Waals surface area contributed by atoms with Gasteiger partial charge in [-0.05, 0) is 25.3 Å². The van der Waals surface area contributed by atoms with Crippen molar-refractivity contribution in [2.24, 2.45) is 10.7 Å². The molecule has 1 aliphatic carbocycles. The Labute approximate surface area is 139 Å². The van der Waals surface area contributed by atoms with E-state index in [1.54, 1.807) is 0 Å². The maximum atomic E-state index is 6.05. The minimum absolute atomic E-state index is 0. The largest absolute Gasteiger partial charge is 0.370 e. The zero-order chi connectivity index (χ0) is 14.0. The Balaban J connectivity index is 0.00000200. The molecule has 0 bridgehead atoms. The van der Waals surface area contributed by atoms with Crippen LogP contribution in [0.15, 0.2) is 29.3 Å². The number of guanidine groups is 1.